The van der Waals surface area contributed by atoms with E-state index < -0.39 is 0 Å². The molecule has 0 fully saturated rings. The molecule has 38 valence electrons. The molecule has 0 bridgehead atoms. The predicted molar refractivity (Wildman–Crippen MR) is 20.9 cm³/mol. The second-order valence-electron chi connectivity index (χ2n) is 1.17. The van der Waals surface area contributed by atoms with E-state index in [9.17, 15) is 0 Å². The van der Waals surface area contributed by atoms with E-state index in [1.54, 1.807) is 0 Å². The van der Waals surface area contributed by atoms with E-state index in [0.717, 1.165) is 13.0 Å². The van der Waals surface area contributed by atoms with Crippen molar-refractivity contribution in [1.82, 2.24) is 0 Å². The van der Waals surface area contributed by atoms with Gasteiger partial charge in [-0.25, -0.2) is 0 Å². The van der Waals surface area contributed by atoms with Crippen LogP contribution in [0.4, 0.5) is 0 Å². The molecule has 0 aromatic rings. The minimum absolute atomic E-state index is 0.830. The Balaban J connectivity index is 2.34. The molecule has 6 heavy (non-hydrogen) atoms. The van der Waals surface area contributed by atoms with Crippen molar-refractivity contribution in [3.63, 3.8) is 0 Å². The third-order valence-corrected chi connectivity index (χ3v) is 0.816. The Morgan fingerprint density at radius 1 is 1.67 bits per heavy atom. The summed E-state index contributed by atoms with van der Waals surface area (Å²) in [6.45, 7) is 2.96. The first kappa shape index (κ1) is 6.48. The fraction of sp³-hybridized carbons (Fsp3) is 1.00. The monoisotopic (exact) mass is 128 g/mol. The molecule has 2 heteroatoms. The summed E-state index contributed by atoms with van der Waals surface area (Å²) in [5.41, 5.74) is 0. The van der Waals surface area contributed by atoms with Gasteiger partial charge in [0.05, 0.1) is 0 Å². The molecule has 0 heterocycles. The maximum absolute atomic E-state index is 4.59. The average molecular weight is 128 g/mol. The summed E-state index contributed by atoms with van der Waals surface area (Å²) in [4.78, 5) is 0. The van der Waals surface area contributed by atoms with Gasteiger partial charge in [-0.3, -0.25) is 0 Å². The number of hydrogen-bond acceptors (Lipinski definition) is 1. The molecule has 0 radical (unpaired) electrons. The molecule has 0 rings (SSSR count). The van der Waals surface area contributed by atoms with E-state index in [-0.39, 0.29) is 0 Å². The molecule has 0 N–H and O–H groups in total. The van der Waals surface area contributed by atoms with Crippen LogP contribution in [0.15, 0.2) is 0 Å². The van der Waals surface area contributed by atoms with Gasteiger partial charge in [-0.1, -0.05) is 0 Å². The predicted octanol–water partition coefficient (Wildman–Crippen LogP) is 1.26. The van der Waals surface area contributed by atoms with Crippen molar-refractivity contribution < 1.29 is 20.2 Å². The summed E-state index contributed by atoms with van der Waals surface area (Å²) in [7, 11) is 0. The molecule has 0 amide bonds. The van der Waals surface area contributed by atoms with Crippen LogP contribution in [0.25, 0.3) is 0 Å². The van der Waals surface area contributed by atoms with Gasteiger partial charge < -0.3 is 0 Å². The summed E-state index contributed by atoms with van der Waals surface area (Å²) < 4.78 is 4.59. The summed E-state index contributed by atoms with van der Waals surface area (Å²) in [5.74, 6) is 0. The zero-order valence-electron chi connectivity index (χ0n) is 3.91. The van der Waals surface area contributed by atoms with E-state index in [2.05, 4.69) is 27.1 Å². The molecule has 0 saturated heterocycles. The summed E-state index contributed by atoms with van der Waals surface area (Å²) in [6, 6.07) is 0. The Morgan fingerprint density at radius 2 is 2.33 bits per heavy atom. The van der Waals surface area contributed by atoms with Gasteiger partial charge in [0.25, 0.3) is 0 Å². The van der Waals surface area contributed by atoms with Crippen LogP contribution in [0, 0.1) is 0 Å². The van der Waals surface area contributed by atoms with Crippen molar-refractivity contribution in [2.45, 2.75) is 19.8 Å². The van der Waals surface area contributed by atoms with Gasteiger partial charge in [0.2, 0.25) is 0 Å². The van der Waals surface area contributed by atoms with Crippen molar-refractivity contribution in [3.8, 4) is 0 Å². The molecule has 0 atom stereocenters. The standard InChI is InChI=1S/C4H9O.Mn/c1-2-3-4-5;/h2-4H2,1H3;/q-1;+1. The van der Waals surface area contributed by atoms with Crippen LogP contribution in [0.1, 0.15) is 19.8 Å². The van der Waals surface area contributed by atoms with Gasteiger partial charge in [0.1, 0.15) is 0 Å². The van der Waals surface area contributed by atoms with Crippen LogP contribution >= 0.6 is 0 Å². The Bertz CT molecular complexity index is 19.5. The van der Waals surface area contributed by atoms with Crippen LogP contribution in [-0.2, 0) is 20.2 Å². The van der Waals surface area contributed by atoms with Crippen LogP contribution in [0.2, 0.25) is 0 Å². The summed E-state index contributed by atoms with van der Waals surface area (Å²) in [5, 5.41) is 0. The first-order chi connectivity index (χ1) is 2.91. The fourth-order valence-corrected chi connectivity index (χ4v) is 0.369. The van der Waals surface area contributed by atoms with Gasteiger partial charge in [-0.15, -0.1) is 0 Å². The Labute approximate surface area is 47.2 Å². The maximum atomic E-state index is 4.59. The number of rotatable bonds is 3. The molecule has 0 aliphatic rings. The molecular formula is C4H9MnO. The Morgan fingerprint density at radius 3 is 2.50 bits per heavy atom. The van der Waals surface area contributed by atoms with Crippen LogP contribution in [-0.4, -0.2) is 6.61 Å². The van der Waals surface area contributed by atoms with Crippen molar-refractivity contribution in [2.75, 3.05) is 6.61 Å². The van der Waals surface area contributed by atoms with Gasteiger partial charge in [0, 0.05) is 0 Å². The van der Waals surface area contributed by atoms with E-state index in [0.29, 0.717) is 0 Å². The number of hydrogen-bond donors (Lipinski definition) is 0. The third-order valence-electron chi connectivity index (χ3n) is 0.575. The molecular weight excluding hydrogens is 119 g/mol. The summed E-state index contributed by atoms with van der Waals surface area (Å²) in [6.07, 6.45) is 2.34. The van der Waals surface area contributed by atoms with E-state index in [1.807, 2.05) is 0 Å². The zero-order chi connectivity index (χ0) is 4.83. The van der Waals surface area contributed by atoms with Crippen LogP contribution < -0.4 is 0 Å². The van der Waals surface area contributed by atoms with Crippen LogP contribution in [0.5, 0.6) is 0 Å². The van der Waals surface area contributed by atoms with Gasteiger partial charge in [-0.05, 0) is 0 Å². The SMILES string of the molecule is CCCC[O][Mn]. The molecule has 0 aromatic carbocycles. The molecule has 0 aliphatic heterocycles. The first-order valence-corrected chi connectivity index (χ1v) is 2.63. The van der Waals surface area contributed by atoms with Gasteiger partial charge in [-0.2, -0.15) is 0 Å². The topological polar surface area (TPSA) is 9.23 Å². The quantitative estimate of drug-likeness (QED) is 0.410. The first-order valence-electron chi connectivity index (χ1n) is 2.15. The fourth-order valence-electron chi connectivity index (χ4n) is 0.199. The molecule has 0 aliphatic carbocycles. The Kier molecular flexibility index (Phi) is 5.92. The second-order valence-corrected chi connectivity index (χ2v) is 1.51. The van der Waals surface area contributed by atoms with E-state index >= 15 is 0 Å². The average Bonchev–Trinajstić information content (AvgIpc) is 1.61. The van der Waals surface area contributed by atoms with E-state index in [1.165, 1.54) is 6.42 Å². The Hall–Kier alpha value is 0.479. The number of unbranched alkanes of at least 4 members (excludes halogenated alkanes) is 1. The normalized spacial score (nSPS) is 9.00. The van der Waals surface area contributed by atoms with E-state index in [4.69, 9.17) is 0 Å². The third kappa shape index (κ3) is 4.48. The van der Waals surface area contributed by atoms with Crippen molar-refractivity contribution in [2.24, 2.45) is 0 Å². The molecule has 0 aromatic heterocycles. The van der Waals surface area contributed by atoms with Gasteiger partial charge in [0.15, 0.2) is 0 Å². The molecule has 0 saturated carbocycles. The summed E-state index contributed by atoms with van der Waals surface area (Å²) >= 11 is 2.85. The molecule has 0 spiro atoms. The van der Waals surface area contributed by atoms with Crippen molar-refractivity contribution in [1.29, 1.82) is 0 Å². The van der Waals surface area contributed by atoms with Crippen molar-refractivity contribution >= 4 is 0 Å². The minimum atomic E-state index is 0.830. The van der Waals surface area contributed by atoms with Gasteiger partial charge >= 0.3 is 46.5 Å². The molecule has 0 unspecified atom stereocenters. The van der Waals surface area contributed by atoms with Crippen molar-refractivity contribution in [3.05, 3.63) is 0 Å². The zero-order valence-corrected chi connectivity index (χ0v) is 5.09. The second kappa shape index (κ2) is 5.48. The molecule has 1 nitrogen and oxygen atoms in total. The van der Waals surface area contributed by atoms with Crippen LogP contribution in [0.3, 0.4) is 0 Å².